The number of nitrogens with one attached hydrogen (secondary N) is 1. The predicted molar refractivity (Wildman–Crippen MR) is 71.8 cm³/mol. The normalized spacial score (nSPS) is 10.3. The highest BCUT2D eigenvalue weighted by molar-refractivity contribution is 7.09. The summed E-state index contributed by atoms with van der Waals surface area (Å²) in [4.78, 5) is 20.2. The van der Waals surface area contributed by atoms with E-state index in [1.165, 1.54) is 11.3 Å². The molecule has 1 amide bonds. The molecule has 0 atom stereocenters. The van der Waals surface area contributed by atoms with Crippen LogP contribution in [0.5, 0.6) is 0 Å². The van der Waals surface area contributed by atoms with Gasteiger partial charge in [0.1, 0.15) is 11.5 Å². The van der Waals surface area contributed by atoms with E-state index in [0.717, 1.165) is 10.6 Å². The zero-order valence-electron chi connectivity index (χ0n) is 10.0. The molecule has 6 heteroatoms. The van der Waals surface area contributed by atoms with E-state index in [4.69, 9.17) is 5.73 Å². The van der Waals surface area contributed by atoms with E-state index in [-0.39, 0.29) is 5.91 Å². The Morgan fingerprint density at radius 3 is 3.11 bits per heavy atom. The molecule has 0 fully saturated rings. The van der Waals surface area contributed by atoms with Crippen molar-refractivity contribution in [3.8, 4) is 0 Å². The van der Waals surface area contributed by atoms with Crippen LogP contribution in [0.1, 0.15) is 21.1 Å². The number of carbonyl (C=O) groups is 1. The molecule has 2 rings (SSSR count). The summed E-state index contributed by atoms with van der Waals surface area (Å²) in [6, 6.07) is 3.68. The molecule has 2 aromatic heterocycles. The number of aryl methyl sites for hydroxylation is 1. The minimum Gasteiger partial charge on any atom is -0.330 e. The van der Waals surface area contributed by atoms with Crippen molar-refractivity contribution < 1.29 is 4.79 Å². The van der Waals surface area contributed by atoms with Gasteiger partial charge in [0, 0.05) is 18.0 Å². The first kappa shape index (κ1) is 12.7. The Bertz CT molecular complexity index is 553. The number of amides is 1. The average Bonchev–Trinajstić information content (AvgIpc) is 2.78. The van der Waals surface area contributed by atoms with Crippen molar-refractivity contribution >= 4 is 23.1 Å². The molecule has 0 aliphatic carbocycles. The summed E-state index contributed by atoms with van der Waals surface area (Å²) in [7, 11) is 0. The highest BCUT2D eigenvalue weighted by Gasteiger charge is 2.11. The van der Waals surface area contributed by atoms with Crippen molar-refractivity contribution in [1.29, 1.82) is 0 Å². The Morgan fingerprint density at radius 2 is 2.39 bits per heavy atom. The number of hydrogen-bond acceptors (Lipinski definition) is 5. The third kappa shape index (κ3) is 3.12. The lowest BCUT2D eigenvalue weighted by Gasteiger charge is -2.02. The molecule has 94 valence electrons. The van der Waals surface area contributed by atoms with Crippen molar-refractivity contribution in [2.75, 3.05) is 11.9 Å². The summed E-state index contributed by atoms with van der Waals surface area (Å²) in [5, 5.41) is 5.32. The minimum atomic E-state index is -0.243. The van der Waals surface area contributed by atoms with Gasteiger partial charge in [-0.1, -0.05) is 0 Å². The topological polar surface area (TPSA) is 80.9 Å². The molecule has 0 unspecified atom stereocenters. The van der Waals surface area contributed by atoms with Gasteiger partial charge in [-0.3, -0.25) is 4.79 Å². The predicted octanol–water partition coefficient (Wildman–Crippen LogP) is 1.60. The standard InChI is InChI=1S/C12H14N4OS/c1-8-3-5-14-10(6-8)16-12(17)9-7-18-11(15-9)2-4-13/h3,5-7H,2,4,13H2,1H3,(H,14,16,17). The minimum absolute atomic E-state index is 0.243. The lowest BCUT2D eigenvalue weighted by Crippen LogP contribution is -2.13. The number of aromatic nitrogens is 2. The number of rotatable bonds is 4. The Hall–Kier alpha value is -1.79. The fraction of sp³-hybridized carbons (Fsp3) is 0.250. The fourth-order valence-electron chi connectivity index (χ4n) is 1.44. The molecule has 0 bridgehead atoms. The van der Waals surface area contributed by atoms with Crippen LogP contribution >= 0.6 is 11.3 Å². The monoisotopic (exact) mass is 262 g/mol. The SMILES string of the molecule is Cc1ccnc(NC(=O)c2csc(CCN)n2)c1. The summed E-state index contributed by atoms with van der Waals surface area (Å²) in [5.41, 5.74) is 6.90. The van der Waals surface area contributed by atoms with Crippen LogP contribution in [0.4, 0.5) is 5.82 Å². The Labute approximate surface area is 109 Å². The molecule has 0 saturated heterocycles. The van der Waals surface area contributed by atoms with E-state index in [9.17, 15) is 4.79 Å². The molecule has 18 heavy (non-hydrogen) atoms. The van der Waals surface area contributed by atoms with Crippen molar-refractivity contribution in [3.05, 3.63) is 40.0 Å². The van der Waals surface area contributed by atoms with Crippen molar-refractivity contribution in [2.24, 2.45) is 5.73 Å². The molecule has 0 radical (unpaired) electrons. The first-order valence-electron chi connectivity index (χ1n) is 5.57. The lowest BCUT2D eigenvalue weighted by molar-refractivity contribution is 0.102. The smallest absolute Gasteiger partial charge is 0.276 e. The van der Waals surface area contributed by atoms with Crippen LogP contribution < -0.4 is 11.1 Å². The van der Waals surface area contributed by atoms with E-state index in [1.54, 1.807) is 11.6 Å². The first-order valence-corrected chi connectivity index (χ1v) is 6.45. The number of nitrogens with zero attached hydrogens (tertiary/aromatic N) is 2. The lowest BCUT2D eigenvalue weighted by atomic mass is 10.3. The van der Waals surface area contributed by atoms with Gasteiger partial charge in [-0.25, -0.2) is 9.97 Å². The summed E-state index contributed by atoms with van der Waals surface area (Å²) >= 11 is 1.44. The van der Waals surface area contributed by atoms with Gasteiger partial charge in [0.25, 0.3) is 5.91 Å². The van der Waals surface area contributed by atoms with E-state index in [1.807, 2.05) is 19.1 Å². The quantitative estimate of drug-likeness (QED) is 0.877. The molecule has 0 aromatic carbocycles. The molecule has 2 aromatic rings. The van der Waals surface area contributed by atoms with Crippen molar-refractivity contribution in [1.82, 2.24) is 9.97 Å². The zero-order valence-corrected chi connectivity index (χ0v) is 10.8. The molecule has 0 saturated carbocycles. The number of hydrogen-bond donors (Lipinski definition) is 2. The van der Waals surface area contributed by atoms with E-state index >= 15 is 0 Å². The van der Waals surface area contributed by atoms with Crippen LogP contribution in [0.3, 0.4) is 0 Å². The Balaban J connectivity index is 2.07. The van der Waals surface area contributed by atoms with Crippen LogP contribution in [0.15, 0.2) is 23.7 Å². The second kappa shape index (κ2) is 5.70. The highest BCUT2D eigenvalue weighted by Crippen LogP contribution is 2.12. The summed E-state index contributed by atoms with van der Waals surface area (Å²) in [5.74, 6) is 0.293. The van der Waals surface area contributed by atoms with Crippen molar-refractivity contribution in [2.45, 2.75) is 13.3 Å². The first-order chi connectivity index (χ1) is 8.69. The summed E-state index contributed by atoms with van der Waals surface area (Å²) in [6.45, 7) is 2.48. The second-order valence-electron chi connectivity index (χ2n) is 3.84. The molecule has 0 aliphatic rings. The van der Waals surface area contributed by atoms with Crippen molar-refractivity contribution in [3.63, 3.8) is 0 Å². The number of carbonyl (C=O) groups excluding carboxylic acids is 1. The van der Waals surface area contributed by atoms with E-state index in [2.05, 4.69) is 15.3 Å². The molecule has 3 N–H and O–H groups in total. The summed E-state index contributed by atoms with van der Waals surface area (Å²) in [6.07, 6.45) is 2.35. The molecular formula is C12H14N4OS. The maximum absolute atomic E-state index is 11.9. The third-order valence-electron chi connectivity index (χ3n) is 2.30. The Morgan fingerprint density at radius 1 is 1.56 bits per heavy atom. The number of pyridine rings is 1. The fourth-order valence-corrected chi connectivity index (χ4v) is 2.23. The van der Waals surface area contributed by atoms with Gasteiger partial charge in [-0.15, -0.1) is 11.3 Å². The third-order valence-corrected chi connectivity index (χ3v) is 3.21. The van der Waals surface area contributed by atoms with Crippen LogP contribution in [0.25, 0.3) is 0 Å². The van der Waals surface area contributed by atoms with Crippen LogP contribution in [-0.4, -0.2) is 22.4 Å². The van der Waals surface area contributed by atoms with Gasteiger partial charge in [0.2, 0.25) is 0 Å². The van der Waals surface area contributed by atoms with Gasteiger partial charge >= 0.3 is 0 Å². The van der Waals surface area contributed by atoms with E-state index < -0.39 is 0 Å². The summed E-state index contributed by atoms with van der Waals surface area (Å²) < 4.78 is 0. The average molecular weight is 262 g/mol. The molecule has 2 heterocycles. The number of thiazole rings is 1. The highest BCUT2D eigenvalue weighted by atomic mass is 32.1. The maximum atomic E-state index is 11.9. The second-order valence-corrected chi connectivity index (χ2v) is 4.78. The number of anilines is 1. The van der Waals surface area contributed by atoms with E-state index in [0.29, 0.717) is 24.5 Å². The maximum Gasteiger partial charge on any atom is 0.276 e. The van der Waals surface area contributed by atoms with Gasteiger partial charge in [-0.2, -0.15) is 0 Å². The molecule has 0 aliphatic heterocycles. The van der Waals surface area contributed by atoms with Crippen LogP contribution in [0.2, 0.25) is 0 Å². The van der Waals surface area contributed by atoms with Gasteiger partial charge < -0.3 is 11.1 Å². The number of nitrogens with two attached hydrogens (primary N) is 1. The van der Waals surface area contributed by atoms with Gasteiger partial charge in [0.15, 0.2) is 0 Å². The molecule has 0 spiro atoms. The van der Waals surface area contributed by atoms with Gasteiger partial charge in [0.05, 0.1) is 5.01 Å². The van der Waals surface area contributed by atoms with Gasteiger partial charge in [-0.05, 0) is 31.2 Å². The van der Waals surface area contributed by atoms with Crippen LogP contribution in [0, 0.1) is 6.92 Å². The molecule has 5 nitrogen and oxygen atoms in total. The largest absolute Gasteiger partial charge is 0.330 e. The molecular weight excluding hydrogens is 248 g/mol. The Kier molecular flexibility index (Phi) is 4.01. The van der Waals surface area contributed by atoms with Crippen LogP contribution in [-0.2, 0) is 6.42 Å². The zero-order chi connectivity index (χ0) is 13.0.